The first-order valence-corrected chi connectivity index (χ1v) is 6.78. The predicted molar refractivity (Wildman–Crippen MR) is 74.6 cm³/mol. The van der Waals surface area contributed by atoms with Gasteiger partial charge in [0.1, 0.15) is 11.6 Å². The Morgan fingerprint density at radius 3 is 2.79 bits per heavy atom. The predicted octanol–water partition coefficient (Wildman–Crippen LogP) is 3.57. The van der Waals surface area contributed by atoms with Crippen LogP contribution in [0.1, 0.15) is 24.7 Å². The molecule has 0 aliphatic carbocycles. The molecule has 3 heteroatoms. The highest BCUT2D eigenvalue weighted by Crippen LogP contribution is 2.11. The fraction of sp³-hybridized carbons (Fsp3) is 0.375. The quantitative estimate of drug-likeness (QED) is 0.824. The molecule has 1 N–H and O–H groups in total. The van der Waals surface area contributed by atoms with Gasteiger partial charge in [-0.05, 0) is 49.2 Å². The van der Waals surface area contributed by atoms with Gasteiger partial charge >= 0.3 is 0 Å². The largest absolute Gasteiger partial charge is 0.469 e. The number of halogens is 1. The van der Waals surface area contributed by atoms with Crippen LogP contribution >= 0.6 is 0 Å². The van der Waals surface area contributed by atoms with E-state index in [2.05, 4.69) is 12.2 Å². The Balaban J connectivity index is 2.00. The van der Waals surface area contributed by atoms with Gasteiger partial charge in [0.25, 0.3) is 0 Å². The van der Waals surface area contributed by atoms with Gasteiger partial charge < -0.3 is 9.73 Å². The average molecular weight is 261 g/mol. The molecule has 1 heterocycles. The van der Waals surface area contributed by atoms with E-state index in [9.17, 15) is 4.39 Å². The zero-order valence-electron chi connectivity index (χ0n) is 11.2. The Morgan fingerprint density at radius 2 is 2.11 bits per heavy atom. The zero-order valence-corrected chi connectivity index (χ0v) is 11.2. The third-order valence-electron chi connectivity index (χ3n) is 3.08. The number of hydrogen-bond donors (Lipinski definition) is 1. The minimum Gasteiger partial charge on any atom is -0.469 e. The van der Waals surface area contributed by atoms with Gasteiger partial charge in [-0.15, -0.1) is 0 Å². The maximum atomic E-state index is 13.2. The summed E-state index contributed by atoms with van der Waals surface area (Å²) < 4.78 is 18.6. The zero-order chi connectivity index (χ0) is 13.5. The summed E-state index contributed by atoms with van der Waals surface area (Å²) in [5.74, 6) is 0.787. The van der Waals surface area contributed by atoms with Gasteiger partial charge in [0, 0.05) is 12.5 Å². The molecule has 1 aromatic carbocycles. The second kappa shape index (κ2) is 7.10. The van der Waals surface area contributed by atoms with E-state index >= 15 is 0 Å². The molecule has 2 nitrogen and oxygen atoms in total. The summed E-state index contributed by atoms with van der Waals surface area (Å²) in [4.78, 5) is 0. The summed E-state index contributed by atoms with van der Waals surface area (Å²) in [7, 11) is 0. The molecule has 19 heavy (non-hydrogen) atoms. The maximum absolute atomic E-state index is 13.2. The minimum atomic E-state index is -0.176. The van der Waals surface area contributed by atoms with Crippen molar-refractivity contribution in [2.45, 2.75) is 32.2 Å². The molecule has 0 aliphatic heterocycles. The van der Waals surface area contributed by atoms with Crippen molar-refractivity contribution >= 4 is 0 Å². The van der Waals surface area contributed by atoms with Crippen molar-refractivity contribution in [1.82, 2.24) is 5.32 Å². The lowest BCUT2D eigenvalue weighted by molar-refractivity contribution is 0.438. The van der Waals surface area contributed by atoms with Crippen LogP contribution in [0.3, 0.4) is 0 Å². The van der Waals surface area contributed by atoms with Crippen LogP contribution in [0.4, 0.5) is 4.39 Å². The molecule has 1 atom stereocenters. The molecule has 0 spiro atoms. The highest BCUT2D eigenvalue weighted by atomic mass is 19.1. The van der Waals surface area contributed by atoms with Crippen molar-refractivity contribution < 1.29 is 8.81 Å². The van der Waals surface area contributed by atoms with Crippen molar-refractivity contribution in [3.8, 4) is 0 Å². The second-order valence-electron chi connectivity index (χ2n) is 4.77. The fourth-order valence-electron chi connectivity index (χ4n) is 2.19. The summed E-state index contributed by atoms with van der Waals surface area (Å²) in [6.45, 7) is 3.10. The summed E-state index contributed by atoms with van der Waals surface area (Å²) in [5.41, 5.74) is 1.01. The third-order valence-corrected chi connectivity index (χ3v) is 3.08. The van der Waals surface area contributed by atoms with Gasteiger partial charge in [0.15, 0.2) is 0 Å². The van der Waals surface area contributed by atoms with Crippen LogP contribution < -0.4 is 5.32 Å². The van der Waals surface area contributed by atoms with E-state index in [4.69, 9.17) is 4.42 Å². The van der Waals surface area contributed by atoms with Gasteiger partial charge in [-0.25, -0.2) is 4.39 Å². The van der Waals surface area contributed by atoms with E-state index in [1.807, 2.05) is 18.2 Å². The lowest BCUT2D eigenvalue weighted by Crippen LogP contribution is -2.33. The van der Waals surface area contributed by atoms with Crippen LogP contribution in [0.2, 0.25) is 0 Å². The minimum absolute atomic E-state index is 0.176. The molecular weight excluding hydrogens is 241 g/mol. The summed E-state index contributed by atoms with van der Waals surface area (Å²) in [6.07, 6.45) is 4.40. The van der Waals surface area contributed by atoms with Gasteiger partial charge in [-0.2, -0.15) is 0 Å². The number of nitrogens with one attached hydrogen (secondary N) is 1. The van der Waals surface area contributed by atoms with Crippen molar-refractivity contribution in [3.63, 3.8) is 0 Å². The molecule has 0 radical (unpaired) electrons. The second-order valence-corrected chi connectivity index (χ2v) is 4.77. The van der Waals surface area contributed by atoms with Gasteiger partial charge in [-0.3, -0.25) is 0 Å². The van der Waals surface area contributed by atoms with E-state index in [1.54, 1.807) is 18.4 Å². The lowest BCUT2D eigenvalue weighted by atomic mass is 10.0. The van der Waals surface area contributed by atoms with Gasteiger partial charge in [0.2, 0.25) is 0 Å². The SMILES string of the molecule is CCCNC(Cc1cccc(F)c1)Cc1ccco1. The molecular formula is C16H20FNO. The highest BCUT2D eigenvalue weighted by Gasteiger charge is 2.11. The van der Waals surface area contributed by atoms with Crippen LogP contribution in [-0.2, 0) is 12.8 Å². The average Bonchev–Trinajstić information content (AvgIpc) is 2.89. The smallest absolute Gasteiger partial charge is 0.123 e. The van der Waals surface area contributed by atoms with E-state index in [1.165, 1.54) is 6.07 Å². The first-order valence-electron chi connectivity index (χ1n) is 6.78. The van der Waals surface area contributed by atoms with Crippen molar-refractivity contribution in [3.05, 3.63) is 59.8 Å². The van der Waals surface area contributed by atoms with Crippen molar-refractivity contribution in [2.75, 3.05) is 6.54 Å². The van der Waals surface area contributed by atoms with Crippen LogP contribution in [0.25, 0.3) is 0 Å². The Hall–Kier alpha value is -1.61. The topological polar surface area (TPSA) is 25.2 Å². The third kappa shape index (κ3) is 4.52. The van der Waals surface area contributed by atoms with Crippen molar-refractivity contribution in [2.24, 2.45) is 0 Å². The number of hydrogen-bond acceptors (Lipinski definition) is 2. The van der Waals surface area contributed by atoms with Gasteiger partial charge in [-0.1, -0.05) is 19.1 Å². The molecule has 0 saturated carbocycles. The highest BCUT2D eigenvalue weighted by molar-refractivity contribution is 5.18. The molecule has 0 aliphatic rings. The first-order chi connectivity index (χ1) is 9.28. The monoisotopic (exact) mass is 261 g/mol. The lowest BCUT2D eigenvalue weighted by Gasteiger charge is -2.17. The molecule has 0 bridgehead atoms. The maximum Gasteiger partial charge on any atom is 0.123 e. The molecule has 0 saturated heterocycles. The van der Waals surface area contributed by atoms with Crippen LogP contribution in [0.5, 0.6) is 0 Å². The molecule has 0 amide bonds. The summed E-state index contributed by atoms with van der Waals surface area (Å²) in [6, 6.07) is 10.9. The van der Waals surface area contributed by atoms with Gasteiger partial charge in [0.05, 0.1) is 6.26 Å². The number of furan rings is 1. The standard InChI is InChI=1S/C16H20FNO/c1-2-8-18-15(12-16-7-4-9-19-16)11-13-5-3-6-14(17)10-13/h3-7,9-10,15,18H,2,8,11-12H2,1H3. The fourth-order valence-corrected chi connectivity index (χ4v) is 2.19. The summed E-state index contributed by atoms with van der Waals surface area (Å²) >= 11 is 0. The van der Waals surface area contributed by atoms with Crippen molar-refractivity contribution in [1.29, 1.82) is 0 Å². The Kier molecular flexibility index (Phi) is 5.16. The normalized spacial score (nSPS) is 12.5. The molecule has 1 aromatic heterocycles. The van der Waals surface area contributed by atoms with E-state index < -0.39 is 0 Å². The molecule has 102 valence electrons. The Bertz CT molecular complexity index is 481. The number of rotatable bonds is 7. The Morgan fingerprint density at radius 1 is 1.21 bits per heavy atom. The molecule has 0 fully saturated rings. The van der Waals surface area contributed by atoms with E-state index in [-0.39, 0.29) is 11.9 Å². The Labute approximate surface area is 113 Å². The summed E-state index contributed by atoms with van der Waals surface area (Å²) in [5, 5.41) is 3.49. The van der Waals surface area contributed by atoms with E-state index in [0.29, 0.717) is 0 Å². The van der Waals surface area contributed by atoms with E-state index in [0.717, 1.165) is 37.1 Å². The van der Waals surface area contributed by atoms with Crippen LogP contribution in [0, 0.1) is 5.82 Å². The number of benzene rings is 1. The van der Waals surface area contributed by atoms with Crippen LogP contribution in [0.15, 0.2) is 47.1 Å². The molecule has 2 aromatic rings. The molecule has 2 rings (SSSR count). The molecule has 1 unspecified atom stereocenters. The first kappa shape index (κ1) is 13.8. The van der Waals surface area contributed by atoms with Crippen LogP contribution in [-0.4, -0.2) is 12.6 Å².